The molecule has 0 radical (unpaired) electrons. The van der Waals surface area contributed by atoms with Crippen LogP contribution in [0.25, 0.3) is 12.2 Å². The van der Waals surface area contributed by atoms with Gasteiger partial charge in [-0.25, -0.2) is 4.98 Å². The van der Waals surface area contributed by atoms with Crippen LogP contribution in [0.2, 0.25) is 0 Å². The van der Waals surface area contributed by atoms with E-state index < -0.39 is 0 Å². The number of nitrogens with zero attached hydrogens (tertiary/aromatic N) is 3. The number of hydrogen-bond acceptors (Lipinski definition) is 5. The Kier molecular flexibility index (Phi) is 6.64. The lowest BCUT2D eigenvalue weighted by atomic mass is 10.2. The topological polar surface area (TPSA) is 75.0 Å². The van der Waals surface area contributed by atoms with Crippen LogP contribution in [0.1, 0.15) is 22.9 Å². The van der Waals surface area contributed by atoms with Gasteiger partial charge in [0, 0.05) is 5.69 Å². The van der Waals surface area contributed by atoms with Crippen LogP contribution in [-0.4, -0.2) is 26.8 Å². The molecule has 0 bridgehead atoms. The average molecular weight is 431 g/mol. The molecule has 4 rings (SSSR count). The van der Waals surface area contributed by atoms with Crippen LogP contribution in [0.4, 0.5) is 5.69 Å². The third kappa shape index (κ3) is 5.73. The number of aryl methyl sites for hydroxylation is 1. The van der Waals surface area contributed by atoms with E-state index >= 15 is 0 Å². The maximum atomic E-state index is 13.1. The summed E-state index contributed by atoms with van der Waals surface area (Å²) in [5.74, 6) is 2.43. The number of carbonyl (C=O) groups is 1. The number of aromatic amines is 1. The molecular formula is C24H22N4O2S. The van der Waals surface area contributed by atoms with Gasteiger partial charge in [-0.3, -0.25) is 9.89 Å². The van der Waals surface area contributed by atoms with Gasteiger partial charge in [0.25, 0.3) is 0 Å². The highest BCUT2D eigenvalue weighted by molar-refractivity contribution is 7.99. The Morgan fingerprint density at radius 2 is 1.77 bits per heavy atom. The third-order valence-corrected chi connectivity index (χ3v) is 5.36. The van der Waals surface area contributed by atoms with E-state index in [1.165, 1.54) is 11.8 Å². The number of aromatic nitrogens is 3. The van der Waals surface area contributed by atoms with E-state index in [0.29, 0.717) is 17.5 Å². The zero-order chi connectivity index (χ0) is 21.5. The number of anilines is 1. The van der Waals surface area contributed by atoms with Crippen molar-refractivity contribution >= 4 is 35.5 Å². The van der Waals surface area contributed by atoms with E-state index in [2.05, 4.69) is 15.2 Å². The Hall–Kier alpha value is -3.58. The molecule has 1 amide bonds. The molecule has 7 heteroatoms. The van der Waals surface area contributed by atoms with Crippen molar-refractivity contribution in [1.29, 1.82) is 0 Å². The van der Waals surface area contributed by atoms with Crippen LogP contribution in [0.15, 0.2) is 82.4 Å². The van der Waals surface area contributed by atoms with Crippen LogP contribution in [0.5, 0.6) is 0 Å². The molecule has 0 aliphatic carbocycles. The Morgan fingerprint density at radius 1 is 1.03 bits per heavy atom. The number of amides is 1. The van der Waals surface area contributed by atoms with E-state index in [1.54, 1.807) is 11.0 Å². The number of benzene rings is 2. The van der Waals surface area contributed by atoms with E-state index in [-0.39, 0.29) is 11.7 Å². The molecule has 6 nitrogen and oxygen atoms in total. The second-order valence-electron chi connectivity index (χ2n) is 6.87. The van der Waals surface area contributed by atoms with Crippen LogP contribution in [-0.2, 0) is 11.3 Å². The molecule has 2 aromatic heterocycles. The first-order chi connectivity index (χ1) is 15.2. The van der Waals surface area contributed by atoms with Crippen LogP contribution in [0, 0.1) is 6.92 Å². The molecule has 2 heterocycles. The van der Waals surface area contributed by atoms with Crippen molar-refractivity contribution in [3.05, 3.63) is 95.7 Å². The molecule has 2 aromatic carbocycles. The molecule has 156 valence electrons. The van der Waals surface area contributed by atoms with Crippen LogP contribution in [0.3, 0.4) is 0 Å². The predicted octanol–water partition coefficient (Wildman–Crippen LogP) is 5.20. The zero-order valence-corrected chi connectivity index (χ0v) is 17.9. The minimum atomic E-state index is -0.00648. The maximum Gasteiger partial charge on any atom is 0.237 e. The summed E-state index contributed by atoms with van der Waals surface area (Å²) < 4.78 is 5.50. The second-order valence-corrected chi connectivity index (χ2v) is 7.82. The molecule has 31 heavy (non-hydrogen) atoms. The lowest BCUT2D eigenvalue weighted by Crippen LogP contribution is -2.31. The van der Waals surface area contributed by atoms with Gasteiger partial charge in [-0.05, 0) is 48.9 Å². The number of H-pyrrole nitrogens is 1. The van der Waals surface area contributed by atoms with Crippen molar-refractivity contribution in [3.8, 4) is 0 Å². The summed E-state index contributed by atoms with van der Waals surface area (Å²) in [5, 5.41) is 7.59. The van der Waals surface area contributed by atoms with Gasteiger partial charge >= 0.3 is 0 Å². The second kappa shape index (κ2) is 9.95. The molecule has 0 aliphatic rings. The Balaban J connectivity index is 1.41. The third-order valence-electron chi connectivity index (χ3n) is 4.53. The number of nitrogens with one attached hydrogen (secondary N) is 1. The van der Waals surface area contributed by atoms with Gasteiger partial charge in [0.2, 0.25) is 11.1 Å². The molecule has 0 saturated heterocycles. The molecule has 1 N–H and O–H groups in total. The molecule has 0 atom stereocenters. The first-order valence-corrected chi connectivity index (χ1v) is 10.8. The number of thioether (sulfide) groups is 1. The fraction of sp³-hybridized carbons (Fsp3) is 0.125. The summed E-state index contributed by atoms with van der Waals surface area (Å²) in [6.45, 7) is 2.41. The van der Waals surface area contributed by atoms with Crippen molar-refractivity contribution in [2.24, 2.45) is 0 Å². The highest BCUT2D eigenvalue weighted by atomic mass is 32.2. The van der Waals surface area contributed by atoms with Gasteiger partial charge in [0.05, 0.1) is 12.3 Å². The highest BCUT2D eigenvalue weighted by Crippen LogP contribution is 2.21. The fourth-order valence-electron chi connectivity index (χ4n) is 3.00. The van der Waals surface area contributed by atoms with Gasteiger partial charge in [0.15, 0.2) is 0 Å². The van der Waals surface area contributed by atoms with Gasteiger partial charge in [0.1, 0.15) is 17.3 Å². The summed E-state index contributed by atoms with van der Waals surface area (Å²) in [5.41, 5.74) is 1.94. The fourth-order valence-corrected chi connectivity index (χ4v) is 3.68. The molecule has 0 saturated carbocycles. The van der Waals surface area contributed by atoms with Gasteiger partial charge in [-0.15, -0.1) is 5.10 Å². The van der Waals surface area contributed by atoms with E-state index in [4.69, 9.17) is 4.42 Å². The highest BCUT2D eigenvalue weighted by Gasteiger charge is 2.17. The summed E-state index contributed by atoms with van der Waals surface area (Å²) in [7, 11) is 0. The van der Waals surface area contributed by atoms with Gasteiger partial charge in [-0.2, -0.15) is 0 Å². The number of carbonyl (C=O) groups excluding carboxylic acids is 1. The summed E-state index contributed by atoms with van der Waals surface area (Å²) >= 11 is 1.31. The molecule has 0 fully saturated rings. The van der Waals surface area contributed by atoms with Crippen LogP contribution >= 0.6 is 11.8 Å². The molecule has 0 unspecified atom stereocenters. The lowest BCUT2D eigenvalue weighted by Gasteiger charge is -2.22. The van der Waals surface area contributed by atoms with E-state index in [0.717, 1.165) is 22.8 Å². The predicted molar refractivity (Wildman–Crippen MR) is 124 cm³/mol. The SMILES string of the molecule is Cc1ccc(/C=C/c2nc(SCC(=O)N(Cc3ccccc3)c3ccccc3)n[nH]2)o1. The largest absolute Gasteiger partial charge is 0.462 e. The van der Waals surface area contributed by atoms with Crippen LogP contribution < -0.4 is 4.90 Å². The number of furan rings is 1. The minimum Gasteiger partial charge on any atom is -0.462 e. The Labute approximate surface area is 185 Å². The number of rotatable bonds is 8. The molecule has 4 aromatic rings. The molecular weight excluding hydrogens is 408 g/mol. The van der Waals surface area contributed by atoms with Gasteiger partial charge < -0.3 is 9.32 Å². The minimum absolute atomic E-state index is 0.00648. The lowest BCUT2D eigenvalue weighted by molar-refractivity contribution is -0.116. The van der Waals surface area contributed by atoms with Gasteiger partial charge in [-0.1, -0.05) is 60.3 Å². The van der Waals surface area contributed by atoms with E-state index in [1.807, 2.05) is 85.8 Å². The quantitative estimate of drug-likeness (QED) is 0.389. The van der Waals surface area contributed by atoms with Crippen molar-refractivity contribution in [3.63, 3.8) is 0 Å². The van der Waals surface area contributed by atoms with Crippen molar-refractivity contribution in [2.75, 3.05) is 10.7 Å². The van der Waals surface area contributed by atoms with Crippen molar-refractivity contribution in [2.45, 2.75) is 18.6 Å². The normalized spacial score (nSPS) is 11.1. The standard InChI is InChI=1S/C24H22N4O2S/c1-18-12-13-21(30-18)14-15-22-25-24(27-26-22)31-17-23(29)28(20-10-6-3-7-11-20)16-19-8-4-2-5-9-19/h2-15H,16-17H2,1H3,(H,25,26,27)/b15-14+. The number of hydrogen-bond donors (Lipinski definition) is 1. The smallest absolute Gasteiger partial charge is 0.237 e. The summed E-state index contributed by atoms with van der Waals surface area (Å²) in [4.78, 5) is 19.3. The summed E-state index contributed by atoms with van der Waals surface area (Å²) in [6.07, 6.45) is 3.62. The zero-order valence-electron chi connectivity index (χ0n) is 17.1. The van der Waals surface area contributed by atoms with Crippen molar-refractivity contribution in [1.82, 2.24) is 15.2 Å². The monoisotopic (exact) mass is 430 g/mol. The number of para-hydroxylation sites is 1. The summed E-state index contributed by atoms with van der Waals surface area (Å²) in [6, 6.07) is 23.4. The molecule has 0 aliphatic heterocycles. The van der Waals surface area contributed by atoms with E-state index in [9.17, 15) is 4.79 Å². The average Bonchev–Trinajstić information content (AvgIpc) is 3.44. The Bertz CT molecular complexity index is 1150. The first-order valence-electron chi connectivity index (χ1n) is 9.86. The first kappa shape index (κ1) is 20.7. The maximum absolute atomic E-state index is 13.1. The Morgan fingerprint density at radius 3 is 2.48 bits per heavy atom. The van der Waals surface area contributed by atoms with Crippen molar-refractivity contribution < 1.29 is 9.21 Å². The molecule has 0 spiro atoms.